The van der Waals surface area contributed by atoms with E-state index in [2.05, 4.69) is 25.3 Å². The Kier molecular flexibility index (Phi) is 6.70. The highest BCUT2D eigenvalue weighted by atomic mass is 35.5. The molecule has 3 N–H and O–H groups in total. The molecular formula is C20H23ClFN5O4S. The van der Waals surface area contributed by atoms with E-state index < -0.39 is 45.3 Å². The van der Waals surface area contributed by atoms with Crippen LogP contribution in [0.5, 0.6) is 0 Å². The van der Waals surface area contributed by atoms with E-state index in [-0.39, 0.29) is 17.4 Å². The fraction of sp³-hybridized carbons (Fsp3) is 0.400. The van der Waals surface area contributed by atoms with Crippen LogP contribution in [0.4, 0.5) is 10.2 Å². The van der Waals surface area contributed by atoms with Crippen molar-refractivity contribution in [3.63, 3.8) is 0 Å². The predicted octanol–water partition coefficient (Wildman–Crippen LogP) is 3.53. The topological polar surface area (TPSA) is 138 Å². The van der Waals surface area contributed by atoms with Crippen molar-refractivity contribution in [1.82, 2.24) is 19.9 Å². The summed E-state index contributed by atoms with van der Waals surface area (Å²) < 4.78 is 39.5. The number of rotatable bonds is 8. The minimum absolute atomic E-state index is 0.160. The number of carbonyl (C=O) groups is 1. The average molecular weight is 484 g/mol. The molecule has 0 aliphatic carbocycles. The number of nitrogens with zero attached hydrogens (tertiary/aromatic N) is 3. The van der Waals surface area contributed by atoms with Gasteiger partial charge in [0.25, 0.3) is 0 Å². The molecule has 0 aliphatic heterocycles. The Balaban J connectivity index is 1.93. The summed E-state index contributed by atoms with van der Waals surface area (Å²) in [5, 5.41) is 12.7. The van der Waals surface area contributed by atoms with Gasteiger partial charge in [-0.2, -0.15) is 0 Å². The lowest BCUT2D eigenvalue weighted by Gasteiger charge is -2.31. The largest absolute Gasteiger partial charge is 0.481 e. The van der Waals surface area contributed by atoms with Crippen molar-refractivity contribution in [1.29, 1.82) is 0 Å². The number of H-pyrrole nitrogens is 1. The zero-order chi connectivity index (χ0) is 23.7. The van der Waals surface area contributed by atoms with Crippen LogP contribution in [0.25, 0.3) is 22.4 Å². The predicted molar refractivity (Wildman–Crippen MR) is 120 cm³/mol. The first-order valence-corrected chi connectivity index (χ1v) is 11.9. The maximum Gasteiger partial charge on any atom is 0.304 e. The Morgan fingerprint density at radius 1 is 1.31 bits per heavy atom. The highest BCUT2D eigenvalue weighted by molar-refractivity contribution is 7.91. The lowest BCUT2D eigenvalue weighted by Crippen LogP contribution is -2.41. The van der Waals surface area contributed by atoms with Crippen LogP contribution in [0.2, 0.25) is 5.02 Å². The van der Waals surface area contributed by atoms with E-state index in [1.165, 1.54) is 6.20 Å². The molecule has 9 nitrogen and oxygen atoms in total. The molecule has 0 bridgehead atoms. The molecule has 0 amide bonds. The number of carboxylic acids is 1. The molecule has 3 rings (SSSR count). The molecular weight excluding hydrogens is 461 g/mol. The number of halogens is 2. The fourth-order valence-electron chi connectivity index (χ4n) is 3.01. The molecule has 0 fully saturated rings. The molecule has 0 aliphatic rings. The van der Waals surface area contributed by atoms with Gasteiger partial charge < -0.3 is 15.4 Å². The minimum atomic E-state index is -3.72. The van der Waals surface area contributed by atoms with Crippen molar-refractivity contribution in [3.8, 4) is 11.4 Å². The summed E-state index contributed by atoms with van der Waals surface area (Å²) in [6, 6.07) is 0.945. The highest BCUT2D eigenvalue weighted by Gasteiger charge is 2.31. The summed E-state index contributed by atoms with van der Waals surface area (Å²) in [6.45, 7) is 5.39. The SMILES string of the molecule is CC(C)(C)[C@@H](CS(=O)(=O)CCC(=O)O)Nc1nc(-c2c[nH]c3ncc(Cl)cc23)ncc1F. The van der Waals surface area contributed by atoms with Gasteiger partial charge in [-0.1, -0.05) is 32.4 Å². The minimum Gasteiger partial charge on any atom is -0.481 e. The average Bonchev–Trinajstić information content (AvgIpc) is 3.10. The van der Waals surface area contributed by atoms with Crippen molar-refractivity contribution in [2.24, 2.45) is 5.41 Å². The normalized spacial score (nSPS) is 13.3. The number of carboxylic acid groups (broad SMARTS) is 1. The van der Waals surface area contributed by atoms with Gasteiger partial charge in [0.2, 0.25) is 0 Å². The summed E-state index contributed by atoms with van der Waals surface area (Å²) in [5.41, 5.74) is 0.509. The number of fused-ring (bicyclic) bond motifs is 1. The molecule has 0 saturated carbocycles. The highest BCUT2D eigenvalue weighted by Crippen LogP contribution is 2.30. The molecule has 0 spiro atoms. The van der Waals surface area contributed by atoms with Gasteiger partial charge >= 0.3 is 5.97 Å². The Morgan fingerprint density at radius 3 is 2.69 bits per heavy atom. The second kappa shape index (κ2) is 8.99. The number of pyridine rings is 1. The summed E-state index contributed by atoms with van der Waals surface area (Å²) in [4.78, 5) is 26.2. The van der Waals surface area contributed by atoms with E-state index in [1.807, 2.05) is 0 Å². The molecule has 0 unspecified atom stereocenters. The van der Waals surface area contributed by atoms with Crippen LogP contribution < -0.4 is 5.32 Å². The smallest absolute Gasteiger partial charge is 0.304 e. The Bertz CT molecular complexity index is 1260. The third kappa shape index (κ3) is 5.71. The van der Waals surface area contributed by atoms with Gasteiger partial charge in [0.15, 0.2) is 27.3 Å². The van der Waals surface area contributed by atoms with Crippen LogP contribution in [0.1, 0.15) is 27.2 Å². The van der Waals surface area contributed by atoms with Gasteiger partial charge in [0.05, 0.1) is 29.1 Å². The molecule has 32 heavy (non-hydrogen) atoms. The third-order valence-corrected chi connectivity index (χ3v) is 6.76. The lowest BCUT2D eigenvalue weighted by atomic mass is 9.88. The molecule has 1 atom stereocenters. The number of hydrogen-bond acceptors (Lipinski definition) is 7. The summed E-state index contributed by atoms with van der Waals surface area (Å²) in [6.07, 6.45) is 3.62. The molecule has 3 heterocycles. The molecule has 0 aromatic carbocycles. The van der Waals surface area contributed by atoms with Crippen LogP contribution in [-0.4, -0.2) is 57.0 Å². The molecule has 172 valence electrons. The van der Waals surface area contributed by atoms with Crippen molar-refractivity contribution in [2.75, 3.05) is 16.8 Å². The number of anilines is 1. The molecule has 0 radical (unpaired) electrons. The van der Waals surface area contributed by atoms with E-state index in [9.17, 15) is 17.6 Å². The second-order valence-electron chi connectivity index (χ2n) is 8.46. The zero-order valence-electron chi connectivity index (χ0n) is 17.7. The number of hydrogen-bond donors (Lipinski definition) is 3. The van der Waals surface area contributed by atoms with E-state index in [0.29, 0.717) is 21.6 Å². The molecule has 12 heteroatoms. The summed E-state index contributed by atoms with van der Waals surface area (Å²) in [5.74, 6) is -2.79. The van der Waals surface area contributed by atoms with Gasteiger partial charge in [0, 0.05) is 29.4 Å². The third-order valence-electron chi connectivity index (χ3n) is 4.89. The summed E-state index contributed by atoms with van der Waals surface area (Å²) in [7, 11) is -3.72. The van der Waals surface area contributed by atoms with E-state index in [1.54, 1.807) is 33.0 Å². The molecule has 3 aromatic rings. The zero-order valence-corrected chi connectivity index (χ0v) is 19.3. The quantitative estimate of drug-likeness (QED) is 0.442. The van der Waals surface area contributed by atoms with E-state index in [0.717, 1.165) is 6.20 Å². The van der Waals surface area contributed by atoms with Crippen LogP contribution in [0, 0.1) is 11.2 Å². The van der Waals surface area contributed by atoms with Gasteiger partial charge in [0.1, 0.15) is 5.65 Å². The lowest BCUT2D eigenvalue weighted by molar-refractivity contribution is -0.136. The Labute approximate surface area is 189 Å². The molecule has 3 aromatic heterocycles. The Hall–Kier alpha value is -2.79. The van der Waals surface area contributed by atoms with Crippen LogP contribution in [0.15, 0.2) is 24.7 Å². The first-order chi connectivity index (χ1) is 14.9. The van der Waals surface area contributed by atoms with Gasteiger partial charge in [-0.05, 0) is 11.5 Å². The van der Waals surface area contributed by atoms with Crippen molar-refractivity contribution < 1.29 is 22.7 Å². The number of aliphatic carboxylic acids is 1. The second-order valence-corrected chi connectivity index (χ2v) is 11.1. The van der Waals surface area contributed by atoms with Gasteiger partial charge in [-0.3, -0.25) is 4.79 Å². The van der Waals surface area contributed by atoms with Gasteiger partial charge in [-0.25, -0.2) is 27.8 Å². The monoisotopic (exact) mass is 483 g/mol. The van der Waals surface area contributed by atoms with Crippen molar-refractivity contribution in [2.45, 2.75) is 33.2 Å². The number of nitrogens with one attached hydrogen (secondary N) is 2. The van der Waals surface area contributed by atoms with Gasteiger partial charge in [-0.15, -0.1) is 0 Å². The molecule has 0 saturated heterocycles. The number of sulfone groups is 1. The van der Waals surface area contributed by atoms with Crippen molar-refractivity contribution in [3.05, 3.63) is 35.5 Å². The van der Waals surface area contributed by atoms with Crippen LogP contribution >= 0.6 is 11.6 Å². The van der Waals surface area contributed by atoms with Crippen LogP contribution in [0.3, 0.4) is 0 Å². The fourth-order valence-corrected chi connectivity index (χ4v) is 4.92. The number of aromatic nitrogens is 4. The first-order valence-electron chi connectivity index (χ1n) is 9.70. The van der Waals surface area contributed by atoms with Crippen molar-refractivity contribution >= 4 is 44.3 Å². The van der Waals surface area contributed by atoms with E-state index in [4.69, 9.17) is 16.7 Å². The van der Waals surface area contributed by atoms with E-state index >= 15 is 0 Å². The number of aromatic amines is 1. The Morgan fingerprint density at radius 2 is 2.03 bits per heavy atom. The first kappa shape index (κ1) is 23.9. The maximum atomic E-state index is 14.6. The summed E-state index contributed by atoms with van der Waals surface area (Å²) >= 11 is 6.03. The van der Waals surface area contributed by atoms with Crippen LogP contribution in [-0.2, 0) is 14.6 Å². The standard InChI is InChI=1S/C20H23ClFN5O4S/c1-20(2,3)15(10-32(30,31)5-4-16(28)29)26-19-14(22)9-25-18(27-19)13-8-24-17-12(13)6-11(21)7-23-17/h6-9,15H,4-5,10H2,1-3H3,(H,23,24)(H,28,29)(H,25,26,27)/t15-/m1/s1. The maximum absolute atomic E-state index is 14.6.